The number of fused-ring (bicyclic) bond motifs is 3. The van der Waals surface area contributed by atoms with Crippen molar-refractivity contribution in [3.63, 3.8) is 0 Å². The Morgan fingerprint density at radius 1 is 1.30 bits per heavy atom. The van der Waals surface area contributed by atoms with Crippen LogP contribution >= 0.6 is 11.6 Å². The smallest absolute Gasteiger partial charge is 0.257 e. The minimum Gasteiger partial charge on any atom is -0.475 e. The van der Waals surface area contributed by atoms with E-state index in [0.717, 1.165) is 43.9 Å². The Balaban J connectivity index is 1.67. The summed E-state index contributed by atoms with van der Waals surface area (Å²) >= 11 is 6.18. The Kier molecular flexibility index (Phi) is 5.36. The summed E-state index contributed by atoms with van der Waals surface area (Å²) in [5, 5.41) is 11.8. The first-order valence-electron chi connectivity index (χ1n) is 9.46. The molecule has 9 heteroatoms. The van der Waals surface area contributed by atoms with E-state index in [1.807, 2.05) is 6.92 Å². The maximum Gasteiger partial charge on any atom is 0.257 e. The van der Waals surface area contributed by atoms with Crippen LogP contribution in [-0.4, -0.2) is 46.1 Å². The number of ether oxygens (including phenoxy) is 2. The quantitative estimate of drug-likeness (QED) is 0.807. The van der Waals surface area contributed by atoms with Gasteiger partial charge >= 0.3 is 0 Å². The van der Waals surface area contributed by atoms with Gasteiger partial charge in [-0.1, -0.05) is 11.6 Å². The summed E-state index contributed by atoms with van der Waals surface area (Å²) in [4.78, 5) is 8.78. The van der Waals surface area contributed by atoms with Crippen LogP contribution in [0.5, 0.6) is 5.88 Å². The van der Waals surface area contributed by atoms with Gasteiger partial charge in [-0.2, -0.15) is 4.98 Å². The van der Waals surface area contributed by atoms with Gasteiger partial charge in [0, 0.05) is 19.8 Å². The molecule has 2 aliphatic rings. The summed E-state index contributed by atoms with van der Waals surface area (Å²) < 4.78 is 13.5. The molecule has 4 heterocycles. The fourth-order valence-corrected chi connectivity index (χ4v) is 3.80. The van der Waals surface area contributed by atoms with Crippen molar-refractivity contribution in [1.82, 2.24) is 19.7 Å². The van der Waals surface area contributed by atoms with Crippen molar-refractivity contribution in [2.45, 2.75) is 39.2 Å². The summed E-state index contributed by atoms with van der Waals surface area (Å²) in [6.07, 6.45) is 4.52. The molecule has 146 valence electrons. The second-order valence-electron chi connectivity index (χ2n) is 7.04. The lowest BCUT2D eigenvalue weighted by Gasteiger charge is -2.28. The molecule has 0 saturated carbocycles. The lowest BCUT2D eigenvalue weighted by molar-refractivity contribution is 0.0490. The minimum atomic E-state index is 0.267. The highest BCUT2D eigenvalue weighted by atomic mass is 35.5. The molecule has 1 unspecified atom stereocenters. The summed E-state index contributed by atoms with van der Waals surface area (Å²) in [5.41, 5.74) is 1.82. The maximum absolute atomic E-state index is 6.18. The van der Waals surface area contributed by atoms with Crippen LogP contribution in [0.1, 0.15) is 37.9 Å². The molecule has 0 spiro atoms. The van der Waals surface area contributed by atoms with Gasteiger partial charge in [-0.15, -0.1) is 5.10 Å². The number of halogens is 1. The molecule has 4 rings (SSSR count). The maximum atomic E-state index is 6.18. The average Bonchev–Trinajstić information content (AvgIpc) is 2.98. The van der Waals surface area contributed by atoms with E-state index in [1.54, 1.807) is 6.20 Å². The van der Waals surface area contributed by atoms with E-state index in [1.165, 1.54) is 0 Å². The largest absolute Gasteiger partial charge is 0.475 e. The highest BCUT2D eigenvalue weighted by molar-refractivity contribution is 6.32. The lowest BCUT2D eigenvalue weighted by Crippen LogP contribution is -2.25. The first kappa shape index (κ1) is 18.3. The SMILES string of the molecule is Cc1c2c(nn1C(C)C1CCOCC1)OCCCNc1nc(ncc1Cl)N2. The van der Waals surface area contributed by atoms with Gasteiger partial charge in [-0.05, 0) is 39.0 Å². The number of anilines is 3. The third kappa shape index (κ3) is 3.82. The molecule has 0 aromatic carbocycles. The van der Waals surface area contributed by atoms with E-state index >= 15 is 0 Å². The molecule has 8 nitrogen and oxygen atoms in total. The van der Waals surface area contributed by atoms with Crippen molar-refractivity contribution in [3.8, 4) is 5.88 Å². The molecule has 1 saturated heterocycles. The van der Waals surface area contributed by atoms with Crippen LogP contribution in [0.3, 0.4) is 0 Å². The molecule has 0 amide bonds. The fraction of sp³-hybridized carbons (Fsp3) is 0.611. The lowest BCUT2D eigenvalue weighted by atomic mass is 9.93. The normalized spacial score (nSPS) is 19.1. The highest BCUT2D eigenvalue weighted by Crippen LogP contribution is 2.36. The Morgan fingerprint density at radius 2 is 2.11 bits per heavy atom. The molecule has 2 aromatic heterocycles. The number of hydrogen-bond donors (Lipinski definition) is 2. The third-order valence-electron chi connectivity index (χ3n) is 5.29. The zero-order valence-corrected chi connectivity index (χ0v) is 16.4. The van der Waals surface area contributed by atoms with E-state index in [0.29, 0.717) is 41.7 Å². The van der Waals surface area contributed by atoms with Crippen molar-refractivity contribution in [1.29, 1.82) is 0 Å². The Labute approximate surface area is 163 Å². The molecule has 2 aliphatic heterocycles. The third-order valence-corrected chi connectivity index (χ3v) is 5.56. The van der Waals surface area contributed by atoms with E-state index < -0.39 is 0 Å². The predicted molar refractivity (Wildman–Crippen MR) is 104 cm³/mol. The van der Waals surface area contributed by atoms with Crippen LogP contribution in [0.25, 0.3) is 0 Å². The van der Waals surface area contributed by atoms with Crippen LogP contribution < -0.4 is 15.4 Å². The van der Waals surface area contributed by atoms with Gasteiger partial charge in [0.2, 0.25) is 5.95 Å². The Bertz CT molecular complexity index is 805. The molecular formula is C18H25ClN6O2. The van der Waals surface area contributed by atoms with E-state index in [4.69, 9.17) is 26.2 Å². The van der Waals surface area contributed by atoms with Gasteiger partial charge in [0.15, 0.2) is 5.82 Å². The molecule has 0 aliphatic carbocycles. The van der Waals surface area contributed by atoms with Crippen molar-refractivity contribution < 1.29 is 9.47 Å². The molecule has 1 atom stereocenters. The molecule has 1 fully saturated rings. The molecular weight excluding hydrogens is 368 g/mol. The number of rotatable bonds is 2. The molecule has 0 radical (unpaired) electrons. The first-order valence-corrected chi connectivity index (χ1v) is 9.84. The fourth-order valence-electron chi connectivity index (χ4n) is 3.64. The number of aromatic nitrogens is 4. The topological polar surface area (TPSA) is 86.1 Å². The van der Waals surface area contributed by atoms with Gasteiger partial charge in [0.1, 0.15) is 10.7 Å². The molecule has 2 N–H and O–H groups in total. The van der Waals surface area contributed by atoms with E-state index in [-0.39, 0.29) is 6.04 Å². The minimum absolute atomic E-state index is 0.267. The molecule has 2 aromatic rings. The molecule has 27 heavy (non-hydrogen) atoms. The second-order valence-corrected chi connectivity index (χ2v) is 7.45. The van der Waals surface area contributed by atoms with Gasteiger partial charge < -0.3 is 20.1 Å². The van der Waals surface area contributed by atoms with Crippen LogP contribution in [-0.2, 0) is 4.74 Å². The van der Waals surface area contributed by atoms with E-state index in [2.05, 4.69) is 32.2 Å². The van der Waals surface area contributed by atoms with Gasteiger partial charge in [-0.25, -0.2) is 4.98 Å². The summed E-state index contributed by atoms with van der Waals surface area (Å²) in [6.45, 7) is 7.17. The van der Waals surface area contributed by atoms with Crippen molar-refractivity contribution >= 4 is 29.1 Å². The Hall–Kier alpha value is -2.06. The van der Waals surface area contributed by atoms with Crippen LogP contribution in [0.15, 0.2) is 6.20 Å². The monoisotopic (exact) mass is 392 g/mol. The second kappa shape index (κ2) is 7.90. The van der Waals surface area contributed by atoms with Gasteiger partial charge in [-0.3, -0.25) is 4.68 Å². The summed E-state index contributed by atoms with van der Waals surface area (Å²) in [6, 6.07) is 0.267. The van der Waals surface area contributed by atoms with E-state index in [9.17, 15) is 0 Å². The van der Waals surface area contributed by atoms with Crippen LogP contribution in [0.4, 0.5) is 17.5 Å². The van der Waals surface area contributed by atoms with Crippen molar-refractivity contribution in [3.05, 3.63) is 16.9 Å². The van der Waals surface area contributed by atoms with Gasteiger partial charge in [0.25, 0.3) is 5.88 Å². The molecule has 2 bridgehead atoms. The number of nitrogens with one attached hydrogen (secondary N) is 2. The zero-order valence-electron chi connectivity index (χ0n) is 15.7. The van der Waals surface area contributed by atoms with Crippen molar-refractivity contribution in [2.75, 3.05) is 37.0 Å². The van der Waals surface area contributed by atoms with Crippen LogP contribution in [0.2, 0.25) is 5.02 Å². The van der Waals surface area contributed by atoms with Crippen molar-refractivity contribution in [2.24, 2.45) is 5.92 Å². The van der Waals surface area contributed by atoms with Gasteiger partial charge in [0.05, 0.1) is 24.5 Å². The zero-order chi connectivity index (χ0) is 18.8. The standard InChI is InChI=1S/C18H25ClN6O2/c1-11(13-4-8-26-9-5-13)25-12(2)15-17(24-25)27-7-3-6-20-16-14(19)10-21-18(22-15)23-16/h10-11,13H,3-9H2,1-2H3,(H2,20,21,22,23). The Morgan fingerprint density at radius 3 is 2.93 bits per heavy atom. The number of nitrogens with zero attached hydrogens (tertiary/aromatic N) is 4. The predicted octanol–water partition coefficient (Wildman–Crippen LogP) is 3.56. The summed E-state index contributed by atoms with van der Waals surface area (Å²) in [5.74, 6) is 2.22. The first-order chi connectivity index (χ1) is 13.1. The van der Waals surface area contributed by atoms with Crippen LogP contribution in [0, 0.1) is 12.8 Å². The number of hydrogen-bond acceptors (Lipinski definition) is 7. The summed E-state index contributed by atoms with van der Waals surface area (Å²) in [7, 11) is 0. The average molecular weight is 393 g/mol. The highest BCUT2D eigenvalue weighted by Gasteiger charge is 2.27.